The molecule has 0 radical (unpaired) electrons. The van der Waals surface area contributed by atoms with Crippen LogP contribution in [0.1, 0.15) is 13.8 Å². The van der Waals surface area contributed by atoms with Crippen LogP contribution in [0.4, 0.5) is 0 Å². The summed E-state index contributed by atoms with van der Waals surface area (Å²) >= 11 is 1.75. The molecule has 0 fully saturated rings. The van der Waals surface area contributed by atoms with Gasteiger partial charge in [-0.15, -0.1) is 0 Å². The molecule has 6 heavy (non-hydrogen) atoms. The molecule has 0 heterocycles. The van der Waals surface area contributed by atoms with Crippen LogP contribution < -0.4 is 0 Å². The molecule has 0 atom stereocenters. The number of hydrogen-bond acceptors (Lipinski definition) is 1. The van der Waals surface area contributed by atoms with Gasteiger partial charge in [0.05, 0.1) is 0 Å². The third-order valence-corrected chi connectivity index (χ3v) is 1.11. The molecule has 0 nitrogen and oxygen atoms in total. The Hall–Kier alpha value is 0.285. The predicted octanol–water partition coefficient (Wildman–Crippen LogP) is 1.18. The van der Waals surface area contributed by atoms with Gasteiger partial charge in [-0.1, -0.05) is 0 Å². The van der Waals surface area contributed by atoms with Gasteiger partial charge in [-0.05, 0) is 0 Å². The fourth-order valence-electron chi connectivity index (χ4n) is 0.192. The standard InChI is InChI=1S/C4H9BS/c1-4(2)6-5-3/h4H,3H2,1-2H3. The van der Waals surface area contributed by atoms with Crippen LogP contribution in [0, 0.1) is 0 Å². The normalized spacial score (nSPS) is 8.50. The summed E-state index contributed by atoms with van der Waals surface area (Å²) in [6.45, 7) is 7.85. The quantitative estimate of drug-likeness (QED) is 0.469. The van der Waals surface area contributed by atoms with E-state index in [2.05, 4.69) is 20.3 Å². The molecule has 2 heteroatoms. The molecule has 0 aliphatic carbocycles. The summed E-state index contributed by atoms with van der Waals surface area (Å²) in [6, 6.07) is 0. The summed E-state index contributed by atoms with van der Waals surface area (Å²) in [6.07, 6.45) is 1.87. The first-order valence-electron chi connectivity index (χ1n) is 2.03. The first-order chi connectivity index (χ1) is 2.77. The Morgan fingerprint density at radius 2 is 2.17 bits per heavy atom. The zero-order valence-corrected chi connectivity index (χ0v) is 5.09. The molecule has 0 saturated heterocycles. The molecule has 0 aromatic carbocycles. The van der Waals surface area contributed by atoms with E-state index < -0.39 is 0 Å². The Balaban J connectivity index is 2.81. The Morgan fingerprint density at radius 3 is 2.17 bits per heavy atom. The summed E-state index contributed by atoms with van der Waals surface area (Å²) in [5, 5.41) is 0.697. The van der Waals surface area contributed by atoms with Crippen LogP contribution in [0.3, 0.4) is 0 Å². The van der Waals surface area contributed by atoms with Crippen molar-refractivity contribution < 1.29 is 0 Å². The summed E-state index contributed by atoms with van der Waals surface area (Å²) in [7, 11) is 0. The molecule has 0 aliphatic rings. The van der Waals surface area contributed by atoms with Crippen molar-refractivity contribution in [2.24, 2.45) is 0 Å². The maximum absolute atomic E-state index is 3.56. The Kier molecular flexibility index (Phi) is 3.64. The minimum absolute atomic E-state index is 0.697. The van der Waals surface area contributed by atoms with Crippen molar-refractivity contribution >= 4 is 24.3 Å². The van der Waals surface area contributed by atoms with Crippen molar-refractivity contribution in [2.75, 3.05) is 0 Å². The van der Waals surface area contributed by atoms with Crippen LogP contribution >= 0.6 is 11.6 Å². The van der Waals surface area contributed by atoms with Crippen LogP contribution in [-0.4, -0.2) is 17.9 Å². The minimum atomic E-state index is 0.697. The molecule has 0 spiro atoms. The summed E-state index contributed by atoms with van der Waals surface area (Å²) in [5.41, 5.74) is 0. The molecule has 0 aliphatic heterocycles. The van der Waals surface area contributed by atoms with E-state index in [0.717, 1.165) is 0 Å². The van der Waals surface area contributed by atoms with E-state index in [9.17, 15) is 0 Å². The second kappa shape index (κ2) is 3.47. The van der Waals surface area contributed by atoms with Crippen molar-refractivity contribution in [3.8, 4) is 0 Å². The molecule has 0 aromatic rings. The van der Waals surface area contributed by atoms with E-state index >= 15 is 0 Å². The van der Waals surface area contributed by atoms with Crippen LogP contribution in [0.2, 0.25) is 0 Å². The maximum atomic E-state index is 3.56. The zero-order valence-electron chi connectivity index (χ0n) is 4.27. The third-order valence-electron chi connectivity index (χ3n) is 0.368. The first-order valence-corrected chi connectivity index (χ1v) is 2.98. The molecular formula is C4H9BS. The van der Waals surface area contributed by atoms with E-state index in [0.29, 0.717) is 5.25 Å². The van der Waals surface area contributed by atoms with Crippen molar-refractivity contribution in [3.05, 3.63) is 0 Å². The average Bonchev–Trinajstić information content (AvgIpc) is 1.35. The first kappa shape index (κ1) is 6.28. The Morgan fingerprint density at radius 1 is 1.67 bits per heavy atom. The van der Waals surface area contributed by atoms with Crippen molar-refractivity contribution in [2.45, 2.75) is 19.1 Å². The van der Waals surface area contributed by atoms with Gasteiger partial charge >= 0.3 is 43.4 Å². The molecule has 0 amide bonds. The van der Waals surface area contributed by atoms with Crippen LogP contribution in [0.5, 0.6) is 0 Å². The van der Waals surface area contributed by atoms with Crippen LogP contribution in [0.25, 0.3) is 0 Å². The van der Waals surface area contributed by atoms with E-state index in [-0.39, 0.29) is 0 Å². The molecule has 34 valence electrons. The Labute approximate surface area is 44.1 Å². The van der Waals surface area contributed by atoms with Crippen molar-refractivity contribution in [1.29, 1.82) is 0 Å². The third kappa shape index (κ3) is 4.28. The second-order valence-electron chi connectivity index (χ2n) is 1.35. The molecule has 0 aromatic heterocycles. The van der Waals surface area contributed by atoms with E-state index in [1.807, 2.05) is 6.20 Å². The second-order valence-corrected chi connectivity index (χ2v) is 2.90. The monoisotopic (exact) mass is 100 g/mol. The average molecular weight is 100.0 g/mol. The SMILES string of the molecule is C=BSC(C)C. The van der Waals surface area contributed by atoms with Gasteiger partial charge < -0.3 is 0 Å². The molecule has 0 N–H and O–H groups in total. The molecular weight excluding hydrogens is 90.9 g/mol. The molecule has 0 rings (SSSR count). The zero-order chi connectivity index (χ0) is 4.99. The number of rotatable bonds is 2. The molecule has 0 saturated carbocycles. The van der Waals surface area contributed by atoms with Gasteiger partial charge in [0.25, 0.3) is 0 Å². The number of hydrogen-bond donors (Lipinski definition) is 0. The van der Waals surface area contributed by atoms with Gasteiger partial charge in [-0.2, -0.15) is 0 Å². The summed E-state index contributed by atoms with van der Waals surface area (Å²) < 4.78 is 0. The molecule has 0 unspecified atom stereocenters. The van der Waals surface area contributed by atoms with Crippen LogP contribution in [-0.2, 0) is 0 Å². The summed E-state index contributed by atoms with van der Waals surface area (Å²) in [4.78, 5) is 0. The van der Waals surface area contributed by atoms with Gasteiger partial charge in [0, 0.05) is 0 Å². The fraction of sp³-hybridized carbons (Fsp3) is 0.750. The Bertz CT molecular complexity index is 42.8. The van der Waals surface area contributed by atoms with Crippen molar-refractivity contribution in [1.82, 2.24) is 0 Å². The predicted molar refractivity (Wildman–Crippen MR) is 35.6 cm³/mol. The van der Waals surface area contributed by atoms with Crippen LogP contribution in [0.15, 0.2) is 0 Å². The van der Waals surface area contributed by atoms with Crippen molar-refractivity contribution in [3.63, 3.8) is 0 Å². The molecule has 0 bridgehead atoms. The van der Waals surface area contributed by atoms with E-state index in [1.165, 1.54) is 0 Å². The van der Waals surface area contributed by atoms with Gasteiger partial charge in [-0.25, -0.2) is 0 Å². The van der Waals surface area contributed by atoms with Gasteiger partial charge in [-0.3, -0.25) is 0 Å². The van der Waals surface area contributed by atoms with Gasteiger partial charge in [0.1, 0.15) is 0 Å². The topological polar surface area (TPSA) is 0 Å². The van der Waals surface area contributed by atoms with Gasteiger partial charge in [0.15, 0.2) is 0 Å². The fourth-order valence-corrected chi connectivity index (χ4v) is 0.577. The summed E-state index contributed by atoms with van der Waals surface area (Å²) in [5.74, 6) is 0. The van der Waals surface area contributed by atoms with E-state index in [1.54, 1.807) is 11.6 Å². The van der Waals surface area contributed by atoms with Gasteiger partial charge in [0.2, 0.25) is 0 Å². The van der Waals surface area contributed by atoms with E-state index in [4.69, 9.17) is 0 Å².